The van der Waals surface area contributed by atoms with Crippen molar-refractivity contribution in [2.45, 2.75) is 0 Å². The summed E-state index contributed by atoms with van der Waals surface area (Å²) in [4.78, 5) is 0. The van der Waals surface area contributed by atoms with Gasteiger partial charge in [0, 0.05) is 22.4 Å². The molecule has 0 fully saturated rings. The predicted molar refractivity (Wildman–Crippen MR) is 81.1 cm³/mol. The molecule has 2 heterocycles. The Morgan fingerprint density at radius 1 is 0.684 bits per heavy atom. The lowest BCUT2D eigenvalue weighted by Crippen LogP contribution is -1.76. The van der Waals surface area contributed by atoms with Gasteiger partial charge in [0.25, 0.3) is 0 Å². The highest BCUT2D eigenvalue weighted by Crippen LogP contribution is 2.37. The summed E-state index contributed by atoms with van der Waals surface area (Å²) in [5.74, 6) is 0. The van der Waals surface area contributed by atoms with Crippen molar-refractivity contribution in [2.75, 3.05) is 0 Å². The summed E-state index contributed by atoms with van der Waals surface area (Å²) in [6.07, 6.45) is 2.18. The number of hydrogen-bond donors (Lipinski definition) is 0. The smallest absolute Gasteiger partial charge is 0.0614 e. The molecule has 3 aromatic carbocycles. The van der Waals surface area contributed by atoms with E-state index < -0.39 is 0 Å². The zero-order valence-corrected chi connectivity index (χ0v) is 10.3. The lowest BCUT2D eigenvalue weighted by molar-refractivity contribution is 1.30. The molecule has 0 aliphatic carbocycles. The zero-order chi connectivity index (χ0) is 12.4. The molecule has 2 aromatic heterocycles. The van der Waals surface area contributed by atoms with E-state index in [0.29, 0.717) is 0 Å². The van der Waals surface area contributed by atoms with Crippen molar-refractivity contribution in [3.63, 3.8) is 0 Å². The molecule has 0 aliphatic heterocycles. The number of para-hydroxylation sites is 1. The molecule has 0 spiro atoms. The molecule has 0 radical (unpaired) electrons. The minimum Gasteiger partial charge on any atom is -0.315 e. The average molecular weight is 241 g/mol. The quantitative estimate of drug-likeness (QED) is 0.365. The van der Waals surface area contributed by atoms with Gasteiger partial charge in [0.05, 0.1) is 11.0 Å². The van der Waals surface area contributed by atoms with E-state index >= 15 is 0 Å². The van der Waals surface area contributed by atoms with E-state index in [1.807, 2.05) is 0 Å². The van der Waals surface area contributed by atoms with E-state index in [2.05, 4.69) is 71.3 Å². The maximum absolute atomic E-state index is 2.31. The lowest BCUT2D eigenvalue weighted by atomic mass is 10.0. The first kappa shape index (κ1) is 9.40. The number of aromatic nitrogens is 1. The second-order valence-electron chi connectivity index (χ2n) is 5.11. The average Bonchev–Trinajstić information content (AvgIpc) is 3.02. The second-order valence-corrected chi connectivity index (χ2v) is 5.11. The Balaban J connectivity index is 2.30. The summed E-state index contributed by atoms with van der Waals surface area (Å²) >= 11 is 0. The van der Waals surface area contributed by atoms with E-state index in [9.17, 15) is 0 Å². The van der Waals surface area contributed by atoms with Crippen molar-refractivity contribution >= 4 is 38.0 Å². The molecule has 0 N–H and O–H groups in total. The molecule has 88 valence electrons. The van der Waals surface area contributed by atoms with Gasteiger partial charge in [-0.1, -0.05) is 42.5 Å². The molecule has 0 amide bonds. The number of nitrogens with zero attached hydrogens (tertiary/aromatic N) is 1. The van der Waals surface area contributed by atoms with Gasteiger partial charge in [0.2, 0.25) is 0 Å². The number of hydrogen-bond acceptors (Lipinski definition) is 0. The Labute approximate surface area is 110 Å². The molecule has 19 heavy (non-hydrogen) atoms. The maximum Gasteiger partial charge on any atom is 0.0614 e. The zero-order valence-electron chi connectivity index (χ0n) is 10.3. The summed E-state index contributed by atoms with van der Waals surface area (Å²) < 4.78 is 2.31. The van der Waals surface area contributed by atoms with Gasteiger partial charge in [-0.15, -0.1) is 0 Å². The Bertz CT molecular complexity index is 1040. The van der Waals surface area contributed by atoms with Crippen LogP contribution >= 0.6 is 0 Å². The van der Waals surface area contributed by atoms with Crippen LogP contribution in [0.4, 0.5) is 0 Å². The third kappa shape index (κ3) is 1.02. The third-order valence-corrected chi connectivity index (χ3v) is 4.13. The molecule has 1 nitrogen and oxygen atoms in total. The predicted octanol–water partition coefficient (Wildman–Crippen LogP) is 4.84. The van der Waals surface area contributed by atoms with Gasteiger partial charge in [-0.3, -0.25) is 0 Å². The van der Waals surface area contributed by atoms with Gasteiger partial charge in [0.1, 0.15) is 0 Å². The van der Waals surface area contributed by atoms with Crippen molar-refractivity contribution in [3.05, 3.63) is 66.9 Å². The summed E-state index contributed by atoms with van der Waals surface area (Å²) in [5.41, 5.74) is 2.64. The Morgan fingerprint density at radius 3 is 2.42 bits per heavy atom. The summed E-state index contributed by atoms with van der Waals surface area (Å²) in [5, 5.41) is 6.72. The highest BCUT2D eigenvalue weighted by molar-refractivity contribution is 6.25. The van der Waals surface area contributed by atoms with Gasteiger partial charge < -0.3 is 4.40 Å². The Morgan fingerprint density at radius 2 is 1.47 bits per heavy atom. The van der Waals surface area contributed by atoms with Gasteiger partial charge in [0.15, 0.2) is 0 Å². The molecule has 1 heteroatoms. The molecule has 5 rings (SSSR count). The molecule has 0 saturated carbocycles. The van der Waals surface area contributed by atoms with Gasteiger partial charge in [-0.25, -0.2) is 0 Å². The van der Waals surface area contributed by atoms with Crippen molar-refractivity contribution in [2.24, 2.45) is 0 Å². The van der Waals surface area contributed by atoms with Crippen LogP contribution in [0, 0.1) is 0 Å². The van der Waals surface area contributed by atoms with Crippen LogP contribution < -0.4 is 0 Å². The van der Waals surface area contributed by atoms with Crippen molar-refractivity contribution in [3.8, 4) is 0 Å². The molecular weight excluding hydrogens is 230 g/mol. The number of rotatable bonds is 0. The van der Waals surface area contributed by atoms with Gasteiger partial charge in [-0.05, 0) is 29.0 Å². The minimum atomic E-state index is 1.30. The van der Waals surface area contributed by atoms with E-state index in [4.69, 9.17) is 0 Å². The first-order valence-corrected chi connectivity index (χ1v) is 6.56. The van der Waals surface area contributed by atoms with Crippen LogP contribution in [0.25, 0.3) is 38.0 Å². The van der Waals surface area contributed by atoms with Crippen LogP contribution in [0.1, 0.15) is 0 Å². The molecule has 0 saturated heterocycles. The topological polar surface area (TPSA) is 4.41 Å². The van der Waals surface area contributed by atoms with Crippen LogP contribution in [0.5, 0.6) is 0 Å². The SMILES string of the molecule is c1ccc2c(c1)cc1ccn3c4ccccc4c2c13. The number of fused-ring (bicyclic) bond motifs is 5. The van der Waals surface area contributed by atoms with Crippen molar-refractivity contribution < 1.29 is 0 Å². The molecular formula is C18H11N. The largest absolute Gasteiger partial charge is 0.315 e. The normalized spacial score (nSPS) is 12.2. The molecule has 0 atom stereocenters. The highest BCUT2D eigenvalue weighted by Gasteiger charge is 2.13. The van der Waals surface area contributed by atoms with Gasteiger partial charge in [-0.2, -0.15) is 0 Å². The molecule has 5 aromatic rings. The van der Waals surface area contributed by atoms with Crippen LogP contribution in [-0.4, -0.2) is 4.40 Å². The van der Waals surface area contributed by atoms with Crippen molar-refractivity contribution in [1.29, 1.82) is 0 Å². The minimum absolute atomic E-state index is 1.30. The summed E-state index contributed by atoms with van der Waals surface area (Å²) in [6, 6.07) is 21.8. The van der Waals surface area contributed by atoms with Gasteiger partial charge >= 0.3 is 0 Å². The monoisotopic (exact) mass is 241 g/mol. The van der Waals surface area contributed by atoms with Crippen LogP contribution in [0.3, 0.4) is 0 Å². The lowest BCUT2D eigenvalue weighted by Gasteiger charge is -2.01. The Hall–Kier alpha value is -2.54. The number of benzene rings is 3. The molecule has 0 aliphatic rings. The van der Waals surface area contributed by atoms with E-state index in [-0.39, 0.29) is 0 Å². The fourth-order valence-electron chi connectivity index (χ4n) is 3.34. The summed E-state index contributed by atoms with van der Waals surface area (Å²) in [7, 11) is 0. The van der Waals surface area contributed by atoms with E-state index in [1.54, 1.807) is 0 Å². The fraction of sp³-hybridized carbons (Fsp3) is 0. The fourth-order valence-corrected chi connectivity index (χ4v) is 3.34. The van der Waals surface area contributed by atoms with Crippen LogP contribution in [0.2, 0.25) is 0 Å². The molecule has 0 unspecified atom stereocenters. The highest BCUT2D eigenvalue weighted by atomic mass is 14.9. The van der Waals surface area contributed by atoms with Crippen LogP contribution in [-0.2, 0) is 0 Å². The standard InChI is InChI=1S/C18H11N/c1-2-6-14-12(5-1)11-13-9-10-19-16-8-4-3-7-15(16)17(14)18(13)19/h1-11H. The maximum atomic E-state index is 2.31. The van der Waals surface area contributed by atoms with E-state index in [0.717, 1.165) is 0 Å². The molecule has 0 bridgehead atoms. The first-order valence-electron chi connectivity index (χ1n) is 6.56. The van der Waals surface area contributed by atoms with Crippen LogP contribution in [0.15, 0.2) is 66.9 Å². The first-order chi connectivity index (χ1) is 9.43. The summed E-state index contributed by atoms with van der Waals surface area (Å²) in [6.45, 7) is 0. The van der Waals surface area contributed by atoms with E-state index in [1.165, 1.54) is 38.0 Å². The third-order valence-electron chi connectivity index (χ3n) is 4.13. The Kier molecular flexibility index (Phi) is 1.52. The van der Waals surface area contributed by atoms with Crippen molar-refractivity contribution in [1.82, 2.24) is 4.40 Å². The second kappa shape index (κ2) is 3.07.